The molecular formula is C18H19N3. The average molecular weight is 277 g/mol. The van der Waals surface area contributed by atoms with Gasteiger partial charge in [0.15, 0.2) is 0 Å². The molecule has 3 nitrogen and oxygen atoms in total. The number of nitrogens with two attached hydrogens (primary N) is 1. The Morgan fingerprint density at radius 1 is 1.10 bits per heavy atom. The third-order valence-electron chi connectivity index (χ3n) is 3.91. The molecule has 0 saturated heterocycles. The molecule has 0 aliphatic rings. The maximum absolute atomic E-state index is 5.83. The minimum atomic E-state index is -0.0208. The lowest BCUT2D eigenvalue weighted by molar-refractivity contribution is 0.631. The van der Waals surface area contributed by atoms with E-state index < -0.39 is 0 Å². The van der Waals surface area contributed by atoms with Crippen LogP contribution in [0.3, 0.4) is 0 Å². The molecule has 0 aliphatic heterocycles. The molecule has 0 fully saturated rings. The zero-order valence-corrected chi connectivity index (χ0v) is 12.1. The molecule has 3 rings (SSSR count). The number of benzene rings is 2. The standard InChI is InChI=1S/C18H19N3/c1-2-13-12-20-10-9-17(13)18(21-19)16-8-7-14-5-3-4-6-15(14)11-16/h3-12,18,21H,2,19H2,1H3. The van der Waals surface area contributed by atoms with Crippen LogP contribution in [0, 0.1) is 0 Å². The fraction of sp³-hybridized carbons (Fsp3) is 0.167. The van der Waals surface area contributed by atoms with Crippen molar-refractivity contribution in [3.8, 4) is 0 Å². The maximum atomic E-state index is 5.83. The van der Waals surface area contributed by atoms with Crippen LogP contribution in [-0.2, 0) is 6.42 Å². The Bertz CT molecular complexity index is 752. The van der Waals surface area contributed by atoms with Gasteiger partial charge in [-0.05, 0) is 46.0 Å². The van der Waals surface area contributed by atoms with Gasteiger partial charge < -0.3 is 0 Å². The number of hydrogen-bond acceptors (Lipinski definition) is 3. The number of pyridine rings is 1. The molecule has 2 aromatic carbocycles. The van der Waals surface area contributed by atoms with Gasteiger partial charge in [-0.2, -0.15) is 0 Å². The lowest BCUT2D eigenvalue weighted by Gasteiger charge is -2.20. The fourth-order valence-electron chi connectivity index (χ4n) is 2.77. The van der Waals surface area contributed by atoms with Crippen LogP contribution in [0.25, 0.3) is 10.8 Å². The number of hydrazine groups is 1. The summed E-state index contributed by atoms with van der Waals surface area (Å²) in [6.07, 6.45) is 4.68. The Hall–Kier alpha value is -2.23. The molecule has 1 atom stereocenters. The molecule has 1 aromatic heterocycles. The van der Waals surface area contributed by atoms with Gasteiger partial charge in [-0.1, -0.05) is 43.3 Å². The predicted molar refractivity (Wildman–Crippen MR) is 86.7 cm³/mol. The van der Waals surface area contributed by atoms with Crippen molar-refractivity contribution in [1.29, 1.82) is 0 Å². The summed E-state index contributed by atoms with van der Waals surface area (Å²) < 4.78 is 0. The van der Waals surface area contributed by atoms with Crippen molar-refractivity contribution in [3.05, 3.63) is 77.6 Å². The van der Waals surface area contributed by atoms with E-state index in [2.05, 4.69) is 59.8 Å². The summed E-state index contributed by atoms with van der Waals surface area (Å²) >= 11 is 0. The Morgan fingerprint density at radius 3 is 2.67 bits per heavy atom. The van der Waals surface area contributed by atoms with Crippen molar-refractivity contribution < 1.29 is 0 Å². The van der Waals surface area contributed by atoms with Crippen LogP contribution in [0.15, 0.2) is 60.9 Å². The van der Waals surface area contributed by atoms with Crippen LogP contribution in [-0.4, -0.2) is 4.98 Å². The van der Waals surface area contributed by atoms with E-state index >= 15 is 0 Å². The largest absolute Gasteiger partial charge is 0.271 e. The highest BCUT2D eigenvalue weighted by Crippen LogP contribution is 2.27. The molecule has 0 spiro atoms. The molecule has 0 saturated carbocycles. The lowest BCUT2D eigenvalue weighted by atomic mass is 9.94. The molecule has 3 heteroatoms. The molecule has 0 aliphatic carbocycles. The van der Waals surface area contributed by atoms with Crippen LogP contribution in [0.5, 0.6) is 0 Å². The maximum Gasteiger partial charge on any atom is 0.0714 e. The van der Waals surface area contributed by atoms with Gasteiger partial charge in [0.25, 0.3) is 0 Å². The predicted octanol–water partition coefficient (Wildman–Crippen LogP) is 3.35. The first kappa shape index (κ1) is 13.7. The minimum Gasteiger partial charge on any atom is -0.271 e. The van der Waals surface area contributed by atoms with Crippen LogP contribution in [0.2, 0.25) is 0 Å². The number of rotatable bonds is 4. The van der Waals surface area contributed by atoms with E-state index in [0.29, 0.717) is 0 Å². The van der Waals surface area contributed by atoms with Gasteiger partial charge in [0, 0.05) is 12.4 Å². The van der Waals surface area contributed by atoms with Gasteiger partial charge in [0.05, 0.1) is 6.04 Å². The summed E-state index contributed by atoms with van der Waals surface area (Å²) in [6, 6.07) is 16.8. The van der Waals surface area contributed by atoms with E-state index in [9.17, 15) is 0 Å². The van der Waals surface area contributed by atoms with Crippen molar-refractivity contribution in [2.75, 3.05) is 0 Å². The highest BCUT2D eigenvalue weighted by Gasteiger charge is 2.15. The smallest absolute Gasteiger partial charge is 0.0714 e. The SMILES string of the molecule is CCc1cnccc1C(NN)c1ccc2ccccc2c1. The number of nitrogens with one attached hydrogen (secondary N) is 1. The second-order valence-corrected chi connectivity index (χ2v) is 5.13. The molecule has 21 heavy (non-hydrogen) atoms. The van der Waals surface area contributed by atoms with Gasteiger partial charge in [-0.3, -0.25) is 10.8 Å². The molecule has 106 valence electrons. The Kier molecular flexibility index (Phi) is 3.95. The molecule has 1 heterocycles. The normalized spacial score (nSPS) is 12.5. The number of fused-ring (bicyclic) bond motifs is 1. The van der Waals surface area contributed by atoms with Crippen molar-refractivity contribution in [2.45, 2.75) is 19.4 Å². The summed E-state index contributed by atoms with van der Waals surface area (Å²) in [6.45, 7) is 2.13. The first-order valence-corrected chi connectivity index (χ1v) is 7.21. The number of hydrogen-bond donors (Lipinski definition) is 2. The van der Waals surface area contributed by atoms with Gasteiger partial charge >= 0.3 is 0 Å². The zero-order valence-electron chi connectivity index (χ0n) is 12.1. The highest BCUT2D eigenvalue weighted by atomic mass is 15.2. The summed E-state index contributed by atoms with van der Waals surface area (Å²) in [5.74, 6) is 5.83. The molecule has 1 unspecified atom stereocenters. The van der Waals surface area contributed by atoms with Gasteiger partial charge in [0.2, 0.25) is 0 Å². The molecule has 0 amide bonds. The van der Waals surface area contributed by atoms with Crippen molar-refractivity contribution in [1.82, 2.24) is 10.4 Å². The monoisotopic (exact) mass is 277 g/mol. The topological polar surface area (TPSA) is 50.9 Å². The van der Waals surface area contributed by atoms with Gasteiger partial charge in [-0.25, -0.2) is 5.43 Å². The van der Waals surface area contributed by atoms with Crippen molar-refractivity contribution in [2.24, 2.45) is 5.84 Å². The van der Waals surface area contributed by atoms with Crippen LogP contribution >= 0.6 is 0 Å². The quantitative estimate of drug-likeness (QED) is 0.568. The van der Waals surface area contributed by atoms with E-state index in [1.165, 1.54) is 21.9 Å². The second kappa shape index (κ2) is 6.04. The summed E-state index contributed by atoms with van der Waals surface area (Å²) in [7, 11) is 0. The summed E-state index contributed by atoms with van der Waals surface area (Å²) in [5.41, 5.74) is 6.51. The van der Waals surface area contributed by atoms with E-state index in [0.717, 1.165) is 12.0 Å². The van der Waals surface area contributed by atoms with Gasteiger partial charge in [0.1, 0.15) is 0 Å². The van der Waals surface area contributed by atoms with Crippen LogP contribution in [0.4, 0.5) is 0 Å². The van der Waals surface area contributed by atoms with Crippen molar-refractivity contribution >= 4 is 10.8 Å². The van der Waals surface area contributed by atoms with Gasteiger partial charge in [-0.15, -0.1) is 0 Å². The van der Waals surface area contributed by atoms with Crippen LogP contribution in [0.1, 0.15) is 29.7 Å². The van der Waals surface area contributed by atoms with E-state index in [-0.39, 0.29) is 6.04 Å². The minimum absolute atomic E-state index is 0.0208. The summed E-state index contributed by atoms with van der Waals surface area (Å²) in [5, 5.41) is 2.46. The lowest BCUT2D eigenvalue weighted by Crippen LogP contribution is -2.29. The fourth-order valence-corrected chi connectivity index (χ4v) is 2.77. The van der Waals surface area contributed by atoms with E-state index in [4.69, 9.17) is 5.84 Å². The Balaban J connectivity index is 2.09. The number of aryl methyl sites for hydroxylation is 1. The first-order valence-electron chi connectivity index (χ1n) is 7.21. The number of aromatic nitrogens is 1. The molecule has 0 bridgehead atoms. The van der Waals surface area contributed by atoms with E-state index in [1.54, 1.807) is 0 Å². The number of nitrogens with zero attached hydrogens (tertiary/aromatic N) is 1. The van der Waals surface area contributed by atoms with Crippen LogP contribution < -0.4 is 11.3 Å². The third-order valence-corrected chi connectivity index (χ3v) is 3.91. The Morgan fingerprint density at radius 2 is 1.90 bits per heavy atom. The first-order chi connectivity index (χ1) is 10.3. The molecule has 3 aromatic rings. The zero-order chi connectivity index (χ0) is 14.7. The summed E-state index contributed by atoms with van der Waals surface area (Å²) in [4.78, 5) is 4.21. The molecule has 0 radical (unpaired) electrons. The average Bonchev–Trinajstić information content (AvgIpc) is 2.56. The molecule has 3 N–H and O–H groups in total. The second-order valence-electron chi connectivity index (χ2n) is 5.13. The highest BCUT2D eigenvalue weighted by molar-refractivity contribution is 5.83. The van der Waals surface area contributed by atoms with Crippen molar-refractivity contribution in [3.63, 3.8) is 0 Å². The van der Waals surface area contributed by atoms with E-state index in [1.807, 2.05) is 18.5 Å². The third kappa shape index (κ3) is 2.66. The molecular weight excluding hydrogens is 258 g/mol. The Labute approximate surface area is 124 Å².